The second-order valence-electron chi connectivity index (χ2n) is 8.89. The Kier molecular flexibility index (Phi) is 7.40. The number of nitrogens with zero attached hydrogens (tertiary/aromatic N) is 2. The van der Waals surface area contributed by atoms with E-state index in [1.54, 1.807) is 7.11 Å². The maximum Gasteiger partial charge on any atom is 0.253 e. The van der Waals surface area contributed by atoms with E-state index in [1.807, 2.05) is 43.3 Å². The van der Waals surface area contributed by atoms with Crippen molar-refractivity contribution >= 4 is 5.91 Å². The molecule has 1 saturated heterocycles. The van der Waals surface area contributed by atoms with Gasteiger partial charge in [0, 0.05) is 24.7 Å². The summed E-state index contributed by atoms with van der Waals surface area (Å²) in [7, 11) is 1.69. The highest BCUT2D eigenvalue weighted by molar-refractivity contribution is 5.95. The lowest BCUT2D eigenvalue weighted by atomic mass is 9.89. The third kappa shape index (κ3) is 5.79. The number of amides is 1. The maximum atomic E-state index is 13.1. The molecule has 172 valence electrons. The Hall–Kier alpha value is -3.18. The van der Waals surface area contributed by atoms with E-state index < -0.39 is 0 Å². The minimum absolute atomic E-state index is 0.0404. The predicted octanol–water partition coefficient (Wildman–Crippen LogP) is 5.02. The van der Waals surface area contributed by atoms with Crippen LogP contribution >= 0.6 is 0 Å². The molecule has 0 unspecified atom stereocenters. The van der Waals surface area contributed by atoms with Gasteiger partial charge in [0.2, 0.25) is 0 Å². The highest BCUT2D eigenvalue weighted by Gasteiger charge is 2.26. The lowest BCUT2D eigenvalue weighted by molar-refractivity contribution is 0.0948. The van der Waals surface area contributed by atoms with Crippen LogP contribution in [0.1, 0.15) is 57.2 Å². The summed E-state index contributed by atoms with van der Waals surface area (Å²) in [6.07, 6.45) is 2.01. The number of pyridine rings is 1. The molecule has 0 spiro atoms. The lowest BCUT2D eigenvalue weighted by Gasteiger charge is -2.32. The average molecular weight is 444 g/mol. The summed E-state index contributed by atoms with van der Waals surface area (Å²) in [5, 5.41) is 3.11. The zero-order valence-electron chi connectivity index (χ0n) is 19.8. The normalized spacial score (nSPS) is 14.8. The van der Waals surface area contributed by atoms with E-state index in [2.05, 4.69) is 41.4 Å². The first-order valence-corrected chi connectivity index (χ1v) is 11.7. The van der Waals surface area contributed by atoms with Gasteiger partial charge >= 0.3 is 0 Å². The molecule has 3 aromatic rings. The minimum Gasteiger partial charge on any atom is -0.497 e. The van der Waals surface area contributed by atoms with E-state index >= 15 is 0 Å². The van der Waals surface area contributed by atoms with Gasteiger partial charge in [-0.25, -0.2) is 0 Å². The number of ether oxygens (including phenoxy) is 1. The summed E-state index contributed by atoms with van der Waals surface area (Å²) in [6, 6.07) is 20.3. The van der Waals surface area contributed by atoms with Crippen LogP contribution in [0.3, 0.4) is 0 Å². The third-order valence-electron chi connectivity index (χ3n) is 6.55. The number of likely N-dealkylation sites (tertiary alicyclic amines) is 1. The van der Waals surface area contributed by atoms with Crippen LogP contribution in [-0.2, 0) is 13.1 Å². The lowest BCUT2D eigenvalue weighted by Crippen LogP contribution is -2.34. The summed E-state index contributed by atoms with van der Waals surface area (Å²) in [5.74, 6) is 1.15. The Morgan fingerprint density at radius 3 is 2.45 bits per heavy atom. The monoisotopic (exact) mass is 443 g/mol. The summed E-state index contributed by atoms with van der Waals surface area (Å²) in [5.41, 5.74) is 6.23. The maximum absolute atomic E-state index is 13.1. The van der Waals surface area contributed by atoms with E-state index in [4.69, 9.17) is 9.72 Å². The standard InChI is InChI=1S/C28H33N3O2/c1-20-6-4-5-7-24(20)18-29-28(32)26-13-8-21(2)30-27(26)23-14-16-31(17-15-23)19-22-9-11-25(33-3)12-10-22/h4-13,23H,14-19H2,1-3H3,(H,29,32). The molecule has 2 heterocycles. The highest BCUT2D eigenvalue weighted by atomic mass is 16.5. The minimum atomic E-state index is -0.0404. The third-order valence-corrected chi connectivity index (χ3v) is 6.55. The van der Waals surface area contributed by atoms with Crippen molar-refractivity contribution in [1.82, 2.24) is 15.2 Å². The molecule has 1 aliphatic rings. The molecule has 1 aliphatic heterocycles. The van der Waals surface area contributed by atoms with Crippen molar-refractivity contribution in [2.75, 3.05) is 20.2 Å². The van der Waals surface area contributed by atoms with Gasteiger partial charge < -0.3 is 10.1 Å². The van der Waals surface area contributed by atoms with Crippen molar-refractivity contribution in [3.05, 3.63) is 94.3 Å². The van der Waals surface area contributed by atoms with Gasteiger partial charge in [0.1, 0.15) is 5.75 Å². The largest absolute Gasteiger partial charge is 0.497 e. The van der Waals surface area contributed by atoms with Crippen molar-refractivity contribution in [1.29, 1.82) is 0 Å². The molecule has 1 amide bonds. The molecule has 0 aliphatic carbocycles. The number of benzene rings is 2. The van der Waals surface area contributed by atoms with E-state index in [9.17, 15) is 4.79 Å². The van der Waals surface area contributed by atoms with Crippen molar-refractivity contribution in [2.24, 2.45) is 0 Å². The second-order valence-corrected chi connectivity index (χ2v) is 8.89. The van der Waals surface area contributed by atoms with Gasteiger partial charge in [-0.3, -0.25) is 14.7 Å². The molecule has 5 nitrogen and oxygen atoms in total. The van der Waals surface area contributed by atoms with Gasteiger partial charge in [-0.2, -0.15) is 0 Å². The fourth-order valence-electron chi connectivity index (χ4n) is 4.51. The van der Waals surface area contributed by atoms with Gasteiger partial charge in [0.05, 0.1) is 18.4 Å². The van der Waals surface area contributed by atoms with Crippen molar-refractivity contribution in [3.8, 4) is 5.75 Å². The molecule has 1 aromatic heterocycles. The number of aryl methyl sites for hydroxylation is 2. The number of nitrogens with one attached hydrogen (secondary N) is 1. The Balaban J connectivity index is 1.40. The molecule has 4 rings (SSSR count). The fraction of sp³-hybridized carbons (Fsp3) is 0.357. The number of aromatic nitrogens is 1. The second kappa shape index (κ2) is 10.6. The molecule has 5 heteroatoms. The molecular formula is C28H33N3O2. The van der Waals surface area contributed by atoms with E-state index in [0.29, 0.717) is 18.0 Å². The van der Waals surface area contributed by atoms with Crippen LogP contribution in [0.15, 0.2) is 60.7 Å². The van der Waals surface area contributed by atoms with Crippen molar-refractivity contribution in [2.45, 2.75) is 45.7 Å². The predicted molar refractivity (Wildman–Crippen MR) is 132 cm³/mol. The molecule has 33 heavy (non-hydrogen) atoms. The highest BCUT2D eigenvalue weighted by Crippen LogP contribution is 2.30. The van der Waals surface area contributed by atoms with Crippen LogP contribution in [0, 0.1) is 13.8 Å². The van der Waals surface area contributed by atoms with E-state index in [-0.39, 0.29) is 5.91 Å². The first kappa shape index (κ1) is 23.0. The molecular weight excluding hydrogens is 410 g/mol. The summed E-state index contributed by atoms with van der Waals surface area (Å²) in [4.78, 5) is 20.4. The Bertz CT molecular complexity index is 1090. The first-order valence-electron chi connectivity index (χ1n) is 11.7. The average Bonchev–Trinajstić information content (AvgIpc) is 2.84. The van der Waals surface area contributed by atoms with Gasteiger partial charge in [-0.1, -0.05) is 36.4 Å². The fourth-order valence-corrected chi connectivity index (χ4v) is 4.51. The van der Waals surface area contributed by atoms with E-state index in [0.717, 1.165) is 55.2 Å². The molecule has 1 N–H and O–H groups in total. The summed E-state index contributed by atoms with van der Waals surface area (Å²) >= 11 is 0. The molecule has 0 saturated carbocycles. The van der Waals surface area contributed by atoms with Crippen LogP contribution in [0.2, 0.25) is 0 Å². The zero-order chi connectivity index (χ0) is 23.2. The summed E-state index contributed by atoms with van der Waals surface area (Å²) in [6.45, 7) is 7.52. The van der Waals surface area contributed by atoms with Gasteiger partial charge in [-0.05, 0) is 80.7 Å². The molecule has 1 fully saturated rings. The van der Waals surface area contributed by atoms with Crippen LogP contribution in [0.5, 0.6) is 5.75 Å². The number of rotatable bonds is 7. The molecule has 2 aromatic carbocycles. The van der Waals surface area contributed by atoms with Gasteiger partial charge in [0.25, 0.3) is 5.91 Å². The summed E-state index contributed by atoms with van der Waals surface area (Å²) < 4.78 is 5.26. The van der Waals surface area contributed by atoms with Crippen molar-refractivity contribution < 1.29 is 9.53 Å². The number of hydrogen-bond acceptors (Lipinski definition) is 4. The SMILES string of the molecule is COc1ccc(CN2CCC(c3nc(C)ccc3C(=O)NCc3ccccc3C)CC2)cc1. The molecule has 0 radical (unpaired) electrons. The topological polar surface area (TPSA) is 54.5 Å². The quantitative estimate of drug-likeness (QED) is 0.557. The number of piperidine rings is 1. The van der Waals surface area contributed by atoms with Crippen LogP contribution in [0.25, 0.3) is 0 Å². The van der Waals surface area contributed by atoms with Crippen LogP contribution in [-0.4, -0.2) is 36.0 Å². The number of hydrogen-bond donors (Lipinski definition) is 1. The van der Waals surface area contributed by atoms with Crippen LogP contribution < -0.4 is 10.1 Å². The first-order chi connectivity index (χ1) is 16.0. The van der Waals surface area contributed by atoms with E-state index in [1.165, 1.54) is 11.1 Å². The molecule has 0 atom stereocenters. The molecule has 0 bridgehead atoms. The number of carbonyl (C=O) groups excluding carboxylic acids is 1. The Morgan fingerprint density at radius 1 is 1.03 bits per heavy atom. The van der Waals surface area contributed by atoms with Gasteiger partial charge in [-0.15, -0.1) is 0 Å². The number of methoxy groups -OCH3 is 1. The zero-order valence-corrected chi connectivity index (χ0v) is 19.8. The van der Waals surface area contributed by atoms with Crippen molar-refractivity contribution in [3.63, 3.8) is 0 Å². The van der Waals surface area contributed by atoms with Crippen LogP contribution in [0.4, 0.5) is 0 Å². The van der Waals surface area contributed by atoms with Gasteiger partial charge in [0.15, 0.2) is 0 Å². The Morgan fingerprint density at radius 2 is 1.76 bits per heavy atom. The number of carbonyl (C=O) groups is 1. The Labute approximate surface area is 196 Å². The smallest absolute Gasteiger partial charge is 0.253 e.